The molecule has 1 aromatic carbocycles. The van der Waals surface area contributed by atoms with Gasteiger partial charge in [-0.1, -0.05) is 19.4 Å². The molecule has 1 saturated carbocycles. The Morgan fingerprint density at radius 3 is 3.00 bits per heavy atom. The number of nitrogens with zero attached hydrogens (tertiary/aromatic N) is 2. The second kappa shape index (κ2) is 5.76. The van der Waals surface area contributed by atoms with E-state index in [9.17, 15) is 4.79 Å². The van der Waals surface area contributed by atoms with Crippen molar-refractivity contribution < 1.29 is 9.53 Å². The van der Waals surface area contributed by atoms with Crippen molar-refractivity contribution in [2.75, 3.05) is 12.3 Å². The molecule has 0 amide bonds. The summed E-state index contributed by atoms with van der Waals surface area (Å²) in [6, 6.07) is 5.70. The molecule has 1 aliphatic carbocycles. The van der Waals surface area contributed by atoms with Crippen molar-refractivity contribution in [3.8, 4) is 0 Å². The van der Waals surface area contributed by atoms with Crippen LogP contribution in [-0.4, -0.2) is 22.1 Å². The lowest BCUT2D eigenvalue weighted by atomic mass is 10.3. The van der Waals surface area contributed by atoms with Gasteiger partial charge in [-0.15, -0.1) is 0 Å². The molecule has 1 heterocycles. The van der Waals surface area contributed by atoms with E-state index in [4.69, 9.17) is 10.5 Å². The summed E-state index contributed by atoms with van der Waals surface area (Å²) in [5.74, 6) is 1.22. The van der Waals surface area contributed by atoms with Gasteiger partial charge in [0.25, 0.3) is 0 Å². The molecule has 2 aromatic rings. The lowest BCUT2D eigenvalue weighted by Crippen LogP contribution is -2.16. The quantitative estimate of drug-likeness (QED) is 0.504. The topological polar surface area (TPSA) is 70.1 Å². The standard InChI is InChI=1S/C16H21N3O2/c1-2-3-9-21-14(20)10-19-13-6-4-5-12(17)15(13)18-16(19)11-7-8-11/h4-6,11H,2-3,7-10,17H2,1H3. The first-order valence-electron chi connectivity index (χ1n) is 7.61. The lowest BCUT2D eigenvalue weighted by molar-refractivity contribution is -0.144. The molecule has 0 unspecified atom stereocenters. The van der Waals surface area contributed by atoms with Crippen LogP contribution in [0.25, 0.3) is 11.0 Å². The van der Waals surface area contributed by atoms with Crippen LogP contribution in [0.15, 0.2) is 18.2 Å². The monoisotopic (exact) mass is 287 g/mol. The molecule has 1 aliphatic rings. The van der Waals surface area contributed by atoms with E-state index in [0.717, 1.165) is 42.5 Å². The van der Waals surface area contributed by atoms with E-state index in [-0.39, 0.29) is 12.5 Å². The Morgan fingerprint density at radius 1 is 1.48 bits per heavy atom. The number of imidazole rings is 1. The van der Waals surface area contributed by atoms with Crippen LogP contribution < -0.4 is 5.73 Å². The first-order chi connectivity index (χ1) is 10.2. The number of hydrogen-bond donors (Lipinski definition) is 1. The van der Waals surface area contributed by atoms with Crippen molar-refractivity contribution in [3.63, 3.8) is 0 Å². The van der Waals surface area contributed by atoms with Crippen molar-refractivity contribution in [1.82, 2.24) is 9.55 Å². The van der Waals surface area contributed by atoms with Crippen LogP contribution in [0, 0.1) is 0 Å². The molecular formula is C16H21N3O2. The zero-order valence-corrected chi connectivity index (χ0v) is 12.3. The second-order valence-electron chi connectivity index (χ2n) is 5.62. The molecule has 1 fully saturated rings. The number of para-hydroxylation sites is 1. The Bertz CT molecular complexity index is 659. The van der Waals surface area contributed by atoms with Crippen LogP contribution in [0.5, 0.6) is 0 Å². The number of carbonyl (C=O) groups is 1. The van der Waals surface area contributed by atoms with E-state index in [1.807, 2.05) is 22.8 Å². The molecule has 0 atom stereocenters. The average molecular weight is 287 g/mol. The lowest BCUT2D eigenvalue weighted by Gasteiger charge is -2.09. The summed E-state index contributed by atoms with van der Waals surface area (Å²) >= 11 is 0. The van der Waals surface area contributed by atoms with E-state index in [1.165, 1.54) is 0 Å². The summed E-state index contributed by atoms with van der Waals surface area (Å²) in [6.45, 7) is 2.78. The molecule has 5 heteroatoms. The number of esters is 1. The Hall–Kier alpha value is -2.04. The van der Waals surface area contributed by atoms with E-state index in [2.05, 4.69) is 11.9 Å². The van der Waals surface area contributed by atoms with E-state index in [1.54, 1.807) is 0 Å². The van der Waals surface area contributed by atoms with Crippen LogP contribution in [0.2, 0.25) is 0 Å². The van der Waals surface area contributed by atoms with Crippen molar-refractivity contribution in [3.05, 3.63) is 24.0 Å². The molecule has 1 aromatic heterocycles. The highest BCUT2D eigenvalue weighted by molar-refractivity contribution is 5.88. The van der Waals surface area contributed by atoms with Crippen molar-refractivity contribution >= 4 is 22.7 Å². The van der Waals surface area contributed by atoms with Crippen molar-refractivity contribution in [1.29, 1.82) is 0 Å². The summed E-state index contributed by atoms with van der Waals surface area (Å²) in [7, 11) is 0. The number of carbonyl (C=O) groups excluding carboxylic acids is 1. The highest BCUT2D eigenvalue weighted by atomic mass is 16.5. The molecule has 5 nitrogen and oxygen atoms in total. The first-order valence-corrected chi connectivity index (χ1v) is 7.61. The third-order valence-electron chi connectivity index (χ3n) is 3.83. The van der Waals surface area contributed by atoms with E-state index < -0.39 is 0 Å². The molecule has 0 spiro atoms. The fourth-order valence-electron chi connectivity index (χ4n) is 2.51. The number of ether oxygens (including phenoxy) is 1. The third kappa shape index (κ3) is 2.86. The predicted octanol–water partition coefficient (Wildman–Crippen LogP) is 2.84. The Morgan fingerprint density at radius 2 is 2.29 bits per heavy atom. The maximum absolute atomic E-state index is 12.0. The van der Waals surface area contributed by atoms with Crippen LogP contribution >= 0.6 is 0 Å². The summed E-state index contributed by atoms with van der Waals surface area (Å²) in [4.78, 5) is 16.7. The highest BCUT2D eigenvalue weighted by Gasteiger charge is 2.30. The van der Waals surface area contributed by atoms with Crippen LogP contribution in [0.3, 0.4) is 0 Å². The zero-order chi connectivity index (χ0) is 14.8. The van der Waals surface area contributed by atoms with Crippen LogP contribution in [0.4, 0.5) is 5.69 Å². The molecule has 112 valence electrons. The number of rotatable bonds is 6. The number of unbranched alkanes of at least 4 members (excludes halogenated alkanes) is 1. The molecule has 0 aliphatic heterocycles. The number of anilines is 1. The molecule has 0 radical (unpaired) electrons. The van der Waals surface area contributed by atoms with Crippen molar-refractivity contribution in [2.24, 2.45) is 0 Å². The third-order valence-corrected chi connectivity index (χ3v) is 3.83. The maximum Gasteiger partial charge on any atom is 0.326 e. The van der Waals surface area contributed by atoms with Gasteiger partial charge >= 0.3 is 5.97 Å². The van der Waals surface area contributed by atoms with Crippen LogP contribution in [-0.2, 0) is 16.1 Å². The van der Waals surface area contributed by atoms with Gasteiger partial charge in [-0.05, 0) is 31.4 Å². The van der Waals surface area contributed by atoms with Gasteiger partial charge in [-0.25, -0.2) is 4.98 Å². The molecular weight excluding hydrogens is 266 g/mol. The Labute approximate surface area is 124 Å². The fourth-order valence-corrected chi connectivity index (χ4v) is 2.51. The number of benzene rings is 1. The highest BCUT2D eigenvalue weighted by Crippen LogP contribution is 2.41. The first kappa shape index (κ1) is 13.9. The second-order valence-corrected chi connectivity index (χ2v) is 5.62. The molecule has 0 saturated heterocycles. The van der Waals surface area contributed by atoms with Gasteiger partial charge in [-0.3, -0.25) is 4.79 Å². The smallest absolute Gasteiger partial charge is 0.326 e. The number of hydrogen-bond acceptors (Lipinski definition) is 4. The molecule has 2 N–H and O–H groups in total. The van der Waals surface area contributed by atoms with Gasteiger partial charge < -0.3 is 15.0 Å². The van der Waals surface area contributed by atoms with Crippen LogP contribution in [0.1, 0.15) is 44.3 Å². The normalized spacial score (nSPS) is 14.5. The summed E-state index contributed by atoms with van der Waals surface area (Å²) in [5.41, 5.74) is 8.37. The number of fused-ring (bicyclic) bond motifs is 1. The van der Waals surface area contributed by atoms with E-state index in [0.29, 0.717) is 18.2 Å². The number of nitrogens with two attached hydrogens (primary N) is 1. The van der Waals surface area contributed by atoms with Gasteiger partial charge in [0.1, 0.15) is 17.9 Å². The van der Waals surface area contributed by atoms with Crippen molar-refractivity contribution in [2.45, 2.75) is 45.1 Å². The number of nitrogen functional groups attached to an aromatic ring is 1. The molecule has 0 bridgehead atoms. The predicted molar refractivity (Wildman–Crippen MR) is 82.0 cm³/mol. The minimum atomic E-state index is -0.202. The average Bonchev–Trinajstić information content (AvgIpc) is 3.24. The molecule has 3 rings (SSSR count). The summed E-state index contributed by atoms with van der Waals surface area (Å²) in [6.07, 6.45) is 4.19. The van der Waals surface area contributed by atoms with Gasteiger partial charge in [0.15, 0.2) is 0 Å². The van der Waals surface area contributed by atoms with Gasteiger partial charge in [-0.2, -0.15) is 0 Å². The minimum absolute atomic E-state index is 0.202. The summed E-state index contributed by atoms with van der Waals surface area (Å²) < 4.78 is 7.24. The summed E-state index contributed by atoms with van der Waals surface area (Å²) in [5, 5.41) is 0. The van der Waals surface area contributed by atoms with E-state index >= 15 is 0 Å². The van der Waals surface area contributed by atoms with Gasteiger partial charge in [0, 0.05) is 5.92 Å². The van der Waals surface area contributed by atoms with Gasteiger partial charge in [0.2, 0.25) is 0 Å². The Kier molecular flexibility index (Phi) is 3.82. The largest absolute Gasteiger partial charge is 0.464 e. The SMILES string of the molecule is CCCCOC(=O)Cn1c(C2CC2)nc2c(N)cccc21. The fraction of sp³-hybridized carbons (Fsp3) is 0.500. The van der Waals surface area contributed by atoms with Gasteiger partial charge in [0.05, 0.1) is 17.8 Å². The maximum atomic E-state index is 12.0. The molecule has 21 heavy (non-hydrogen) atoms. The minimum Gasteiger partial charge on any atom is -0.464 e. The number of aromatic nitrogens is 2. The Balaban J connectivity index is 1.87. The zero-order valence-electron chi connectivity index (χ0n) is 12.3.